The lowest BCUT2D eigenvalue weighted by atomic mass is 10.0. The zero-order valence-electron chi connectivity index (χ0n) is 13.4. The molecule has 1 aliphatic rings. The van der Waals surface area contributed by atoms with Gasteiger partial charge in [-0.25, -0.2) is 4.98 Å². The molecule has 23 heavy (non-hydrogen) atoms. The van der Waals surface area contributed by atoms with E-state index in [1.165, 1.54) is 42.5 Å². The van der Waals surface area contributed by atoms with Gasteiger partial charge in [0.25, 0.3) is 0 Å². The first-order valence-corrected chi connectivity index (χ1v) is 8.23. The normalized spacial score (nSPS) is 12.5. The minimum absolute atomic E-state index is 0. The van der Waals surface area contributed by atoms with Crippen molar-refractivity contribution in [3.63, 3.8) is 0 Å². The lowest BCUT2D eigenvalue weighted by Gasteiger charge is -2.30. The van der Waals surface area contributed by atoms with Crippen molar-refractivity contribution in [2.45, 2.75) is 26.7 Å². The summed E-state index contributed by atoms with van der Waals surface area (Å²) in [5, 5.41) is 0.711. The van der Waals surface area contributed by atoms with E-state index in [0.717, 1.165) is 6.54 Å². The van der Waals surface area contributed by atoms with Crippen LogP contribution < -0.4 is 4.90 Å². The Kier molecular flexibility index (Phi) is 8.74. The molecule has 6 heteroatoms. The number of hydrogen-bond donors (Lipinski definition) is 1. The quantitative estimate of drug-likeness (QED) is 0.662. The highest BCUT2D eigenvalue weighted by Gasteiger charge is 2.14. The van der Waals surface area contributed by atoms with Crippen LogP contribution >= 0.6 is 40.2 Å². The van der Waals surface area contributed by atoms with Crippen molar-refractivity contribution >= 4 is 51.9 Å². The fourth-order valence-electron chi connectivity index (χ4n) is 2.41. The number of aromatic amines is 1. The molecule has 2 heterocycles. The Morgan fingerprint density at radius 2 is 2.00 bits per heavy atom. The fraction of sp³-hybridized carbons (Fsp3) is 0.353. The average molecular weight is 419 g/mol. The molecule has 126 valence electrons. The summed E-state index contributed by atoms with van der Waals surface area (Å²) in [6, 6.07) is 8.68. The van der Waals surface area contributed by atoms with Crippen LogP contribution in [0.5, 0.6) is 0 Å². The van der Waals surface area contributed by atoms with Crippen LogP contribution in [0, 0.1) is 0 Å². The number of imidazole rings is 1. The second-order valence-corrected chi connectivity index (χ2v) is 6.07. The molecule has 0 bridgehead atoms. The van der Waals surface area contributed by atoms with Crippen molar-refractivity contribution in [1.82, 2.24) is 9.97 Å². The number of H-pyrrole nitrogens is 1. The first-order valence-electron chi connectivity index (χ1n) is 7.47. The molecule has 0 fully saturated rings. The van der Waals surface area contributed by atoms with Gasteiger partial charge in [0.15, 0.2) is 5.15 Å². The minimum atomic E-state index is 0. The molecule has 1 aromatic heterocycles. The Hall–Kier alpha value is -0.970. The van der Waals surface area contributed by atoms with Crippen LogP contribution in [0.1, 0.15) is 32.3 Å². The third kappa shape index (κ3) is 5.87. The Balaban J connectivity index is 0.000000280. The molecule has 0 amide bonds. The fourth-order valence-corrected chi connectivity index (χ4v) is 2.61. The number of aromatic nitrogens is 2. The van der Waals surface area contributed by atoms with Gasteiger partial charge in [0, 0.05) is 18.8 Å². The molecule has 2 aromatic rings. The van der Waals surface area contributed by atoms with Gasteiger partial charge >= 0.3 is 0 Å². The molecule has 0 atom stereocenters. The summed E-state index contributed by atoms with van der Waals surface area (Å²) < 4.78 is 0. The Bertz CT molecular complexity index is 624. The minimum Gasteiger partial charge on any atom is -0.367 e. The van der Waals surface area contributed by atoms with E-state index in [4.69, 9.17) is 23.2 Å². The predicted octanol–water partition coefficient (Wildman–Crippen LogP) is 6.00. The summed E-state index contributed by atoms with van der Waals surface area (Å²) >= 11 is 10.7. The second-order valence-electron chi connectivity index (χ2n) is 5.33. The SMILES string of the molecule is Br.CCCCN1CC(C)=Cc2ccccc21.Clc1nc[nH]c1Cl. The maximum absolute atomic E-state index is 5.37. The van der Waals surface area contributed by atoms with Crippen LogP contribution in [0.3, 0.4) is 0 Å². The van der Waals surface area contributed by atoms with Crippen LogP contribution in [0.4, 0.5) is 5.69 Å². The maximum atomic E-state index is 5.37. The summed E-state index contributed by atoms with van der Waals surface area (Å²) in [5.74, 6) is 0. The molecule has 0 radical (unpaired) electrons. The summed E-state index contributed by atoms with van der Waals surface area (Å²) in [6.45, 7) is 6.74. The van der Waals surface area contributed by atoms with Gasteiger partial charge in [-0.05, 0) is 25.0 Å². The van der Waals surface area contributed by atoms with E-state index in [2.05, 4.69) is 59.1 Å². The van der Waals surface area contributed by atoms with Crippen LogP contribution in [0.25, 0.3) is 6.08 Å². The van der Waals surface area contributed by atoms with Gasteiger partial charge in [-0.3, -0.25) is 0 Å². The number of rotatable bonds is 3. The molecule has 0 saturated heterocycles. The molecular formula is C17H22BrCl2N3. The molecule has 3 nitrogen and oxygen atoms in total. The number of nitrogens with zero attached hydrogens (tertiary/aromatic N) is 2. The van der Waals surface area contributed by atoms with Crippen molar-refractivity contribution in [1.29, 1.82) is 0 Å². The topological polar surface area (TPSA) is 31.9 Å². The second kappa shape index (κ2) is 10.0. The number of benzene rings is 1. The number of anilines is 1. The van der Waals surface area contributed by atoms with Crippen molar-refractivity contribution in [3.05, 3.63) is 52.0 Å². The average Bonchev–Trinajstić information content (AvgIpc) is 2.89. The number of nitrogens with one attached hydrogen (secondary N) is 1. The van der Waals surface area contributed by atoms with E-state index in [0.29, 0.717) is 10.3 Å². The lowest BCUT2D eigenvalue weighted by Crippen LogP contribution is -2.28. The van der Waals surface area contributed by atoms with Gasteiger partial charge < -0.3 is 9.88 Å². The highest BCUT2D eigenvalue weighted by molar-refractivity contribution is 8.93. The third-order valence-corrected chi connectivity index (χ3v) is 4.12. The summed E-state index contributed by atoms with van der Waals surface area (Å²) in [4.78, 5) is 8.68. The van der Waals surface area contributed by atoms with Gasteiger partial charge in [-0.2, -0.15) is 0 Å². The molecule has 1 aliphatic heterocycles. The Morgan fingerprint density at radius 1 is 1.26 bits per heavy atom. The summed E-state index contributed by atoms with van der Waals surface area (Å²) in [7, 11) is 0. The van der Waals surface area contributed by atoms with Crippen LogP contribution in [0.15, 0.2) is 36.2 Å². The zero-order chi connectivity index (χ0) is 15.9. The third-order valence-electron chi connectivity index (χ3n) is 3.45. The van der Waals surface area contributed by atoms with Crippen LogP contribution in [0.2, 0.25) is 10.3 Å². The predicted molar refractivity (Wildman–Crippen MR) is 106 cm³/mol. The largest absolute Gasteiger partial charge is 0.367 e. The lowest BCUT2D eigenvalue weighted by molar-refractivity contribution is 0.735. The number of halogens is 3. The molecule has 1 N–H and O–H groups in total. The molecule has 0 unspecified atom stereocenters. The van der Waals surface area contributed by atoms with Crippen LogP contribution in [-0.2, 0) is 0 Å². The standard InChI is InChI=1S/C14H19N.C3H2Cl2N2.BrH/c1-3-4-9-15-11-12(2)10-13-7-5-6-8-14(13)15;4-2-3(5)7-1-6-2;/h5-8,10H,3-4,9,11H2,1-2H3;1H,(H,6,7);1H. The highest BCUT2D eigenvalue weighted by Crippen LogP contribution is 2.28. The molecule has 0 spiro atoms. The first-order chi connectivity index (χ1) is 10.6. The number of hydrogen-bond acceptors (Lipinski definition) is 2. The van der Waals surface area contributed by atoms with E-state index in [9.17, 15) is 0 Å². The van der Waals surface area contributed by atoms with Crippen molar-refractivity contribution in [2.75, 3.05) is 18.0 Å². The highest BCUT2D eigenvalue weighted by atomic mass is 79.9. The van der Waals surface area contributed by atoms with E-state index in [1.807, 2.05) is 0 Å². The van der Waals surface area contributed by atoms with E-state index in [1.54, 1.807) is 0 Å². The zero-order valence-corrected chi connectivity index (χ0v) is 16.6. The van der Waals surface area contributed by atoms with Crippen molar-refractivity contribution < 1.29 is 0 Å². The van der Waals surface area contributed by atoms with Crippen molar-refractivity contribution in [3.8, 4) is 0 Å². The Morgan fingerprint density at radius 3 is 2.57 bits per heavy atom. The molecule has 0 saturated carbocycles. The van der Waals surface area contributed by atoms with Crippen molar-refractivity contribution in [2.24, 2.45) is 0 Å². The molecular weight excluding hydrogens is 397 g/mol. The first kappa shape index (κ1) is 20.1. The summed E-state index contributed by atoms with van der Waals surface area (Å²) in [5.41, 5.74) is 4.23. The van der Waals surface area contributed by atoms with Gasteiger partial charge in [0.2, 0.25) is 0 Å². The number of fused-ring (bicyclic) bond motifs is 1. The number of unbranched alkanes of at least 4 members (excludes halogenated alkanes) is 1. The van der Waals surface area contributed by atoms with E-state index >= 15 is 0 Å². The van der Waals surface area contributed by atoms with Crippen LogP contribution in [-0.4, -0.2) is 23.1 Å². The number of para-hydroxylation sites is 1. The van der Waals surface area contributed by atoms with E-state index < -0.39 is 0 Å². The van der Waals surface area contributed by atoms with Gasteiger partial charge in [-0.1, -0.05) is 66.4 Å². The smallest absolute Gasteiger partial charge is 0.165 e. The maximum Gasteiger partial charge on any atom is 0.165 e. The molecule has 3 rings (SSSR count). The van der Waals surface area contributed by atoms with Gasteiger partial charge in [-0.15, -0.1) is 17.0 Å². The summed E-state index contributed by atoms with van der Waals surface area (Å²) in [6.07, 6.45) is 6.28. The van der Waals surface area contributed by atoms with Gasteiger partial charge in [0.05, 0.1) is 6.33 Å². The molecule has 0 aliphatic carbocycles. The monoisotopic (exact) mass is 417 g/mol. The van der Waals surface area contributed by atoms with E-state index in [-0.39, 0.29) is 17.0 Å². The Labute approximate surface area is 158 Å². The van der Waals surface area contributed by atoms with Gasteiger partial charge in [0.1, 0.15) is 5.15 Å². The molecule has 1 aromatic carbocycles.